The van der Waals surface area contributed by atoms with E-state index < -0.39 is 12.0 Å². The Morgan fingerprint density at radius 2 is 2.04 bits per heavy atom. The maximum absolute atomic E-state index is 12.8. The molecule has 0 aliphatic carbocycles. The number of ether oxygens (including phenoxy) is 2. The molecule has 0 saturated heterocycles. The maximum Gasteiger partial charge on any atom is 0.329 e. The Bertz CT molecular complexity index is 949. The number of nitrogens with zero attached hydrogens (tertiary/aromatic N) is 2. The van der Waals surface area contributed by atoms with Gasteiger partial charge in [-0.1, -0.05) is 30.3 Å². The van der Waals surface area contributed by atoms with Crippen LogP contribution in [0, 0.1) is 0 Å². The molecule has 0 aliphatic rings. The van der Waals surface area contributed by atoms with Crippen LogP contribution in [0.2, 0.25) is 0 Å². The summed E-state index contributed by atoms with van der Waals surface area (Å²) in [5.74, 6) is -0.480. The predicted molar refractivity (Wildman–Crippen MR) is 101 cm³/mol. The highest BCUT2D eigenvalue weighted by molar-refractivity contribution is 7.21. The fraction of sp³-hybridized carbons (Fsp3) is 0.316. The minimum atomic E-state index is -0.749. The summed E-state index contributed by atoms with van der Waals surface area (Å²) in [7, 11) is 0. The molecule has 2 aromatic heterocycles. The number of aromatic nitrogens is 2. The molecule has 3 rings (SSSR count). The lowest BCUT2D eigenvalue weighted by Crippen LogP contribution is -2.29. The molecule has 0 N–H and O–H groups in total. The average Bonchev–Trinajstić information content (AvgIpc) is 3.11. The normalized spacial score (nSPS) is 12.2. The number of rotatable bonds is 7. The first kappa shape index (κ1) is 18.3. The van der Waals surface area contributed by atoms with Crippen molar-refractivity contribution in [3.05, 3.63) is 53.1 Å². The second kappa shape index (κ2) is 8.25. The van der Waals surface area contributed by atoms with Crippen molar-refractivity contribution in [1.29, 1.82) is 0 Å². The van der Waals surface area contributed by atoms with Crippen LogP contribution in [-0.2, 0) is 14.3 Å². The Kier molecular flexibility index (Phi) is 5.80. The Balaban J connectivity index is 1.85. The van der Waals surface area contributed by atoms with E-state index in [0.717, 1.165) is 10.4 Å². The SMILES string of the molecule is CCOCCOC(=O)C(C)n1cnc2sc(-c3ccccc3)cc2c1=O. The van der Waals surface area contributed by atoms with E-state index in [1.54, 1.807) is 6.92 Å². The number of thiophene rings is 1. The summed E-state index contributed by atoms with van der Waals surface area (Å²) in [6.45, 7) is 4.57. The summed E-state index contributed by atoms with van der Waals surface area (Å²) in [6, 6.07) is 10.9. The standard InChI is InChI=1S/C19H20N2O4S/c1-3-24-9-10-25-19(23)13(2)21-12-20-17-15(18(21)22)11-16(26-17)14-7-5-4-6-8-14/h4-8,11-13H,3,9-10H2,1-2H3. The summed E-state index contributed by atoms with van der Waals surface area (Å²) < 4.78 is 11.6. The Morgan fingerprint density at radius 3 is 2.77 bits per heavy atom. The van der Waals surface area contributed by atoms with Crippen LogP contribution < -0.4 is 5.56 Å². The van der Waals surface area contributed by atoms with E-state index in [9.17, 15) is 9.59 Å². The molecule has 1 atom stereocenters. The van der Waals surface area contributed by atoms with Crippen molar-refractivity contribution < 1.29 is 14.3 Å². The van der Waals surface area contributed by atoms with Crippen molar-refractivity contribution in [3.63, 3.8) is 0 Å². The smallest absolute Gasteiger partial charge is 0.329 e. The van der Waals surface area contributed by atoms with Crippen LogP contribution in [0.4, 0.5) is 0 Å². The van der Waals surface area contributed by atoms with Crippen LogP contribution >= 0.6 is 11.3 Å². The Labute approximate surface area is 155 Å². The summed E-state index contributed by atoms with van der Waals surface area (Å²) in [5.41, 5.74) is 0.785. The van der Waals surface area contributed by atoms with Gasteiger partial charge in [0, 0.05) is 11.5 Å². The number of carbonyl (C=O) groups excluding carboxylic acids is 1. The van der Waals surface area contributed by atoms with Crippen molar-refractivity contribution in [1.82, 2.24) is 9.55 Å². The van der Waals surface area contributed by atoms with Gasteiger partial charge in [0.25, 0.3) is 5.56 Å². The van der Waals surface area contributed by atoms with E-state index in [-0.39, 0.29) is 12.2 Å². The molecule has 0 spiro atoms. The highest BCUT2D eigenvalue weighted by Gasteiger charge is 2.20. The molecule has 7 heteroatoms. The van der Waals surface area contributed by atoms with E-state index in [1.807, 2.05) is 43.3 Å². The zero-order valence-corrected chi connectivity index (χ0v) is 15.5. The molecule has 0 saturated carbocycles. The van der Waals surface area contributed by atoms with Gasteiger partial charge >= 0.3 is 5.97 Å². The lowest BCUT2D eigenvalue weighted by atomic mass is 10.2. The first-order valence-corrected chi connectivity index (χ1v) is 9.24. The number of carbonyl (C=O) groups is 1. The third-order valence-corrected chi connectivity index (χ3v) is 5.06. The van der Waals surface area contributed by atoms with Crippen LogP contribution in [0.5, 0.6) is 0 Å². The van der Waals surface area contributed by atoms with E-state index in [1.165, 1.54) is 22.2 Å². The van der Waals surface area contributed by atoms with E-state index in [0.29, 0.717) is 23.4 Å². The van der Waals surface area contributed by atoms with Crippen LogP contribution in [0.25, 0.3) is 20.7 Å². The lowest BCUT2D eigenvalue weighted by molar-refractivity contribution is -0.148. The first-order chi connectivity index (χ1) is 12.6. The minimum absolute atomic E-state index is 0.165. The van der Waals surface area contributed by atoms with Gasteiger partial charge in [-0.25, -0.2) is 9.78 Å². The zero-order valence-electron chi connectivity index (χ0n) is 14.7. The van der Waals surface area contributed by atoms with Crippen molar-refractivity contribution in [2.75, 3.05) is 19.8 Å². The highest BCUT2D eigenvalue weighted by Crippen LogP contribution is 2.30. The molecule has 26 heavy (non-hydrogen) atoms. The molecular formula is C19H20N2O4S. The summed E-state index contributed by atoms with van der Waals surface area (Å²) in [5, 5.41) is 0.505. The monoisotopic (exact) mass is 372 g/mol. The molecule has 3 aromatic rings. The van der Waals surface area contributed by atoms with E-state index in [2.05, 4.69) is 4.98 Å². The summed E-state index contributed by atoms with van der Waals surface area (Å²) in [4.78, 5) is 30.9. The van der Waals surface area contributed by atoms with Crippen molar-refractivity contribution >= 4 is 27.5 Å². The molecule has 0 aliphatic heterocycles. The van der Waals surface area contributed by atoms with Gasteiger partial charge in [-0.2, -0.15) is 0 Å². The van der Waals surface area contributed by atoms with Gasteiger partial charge in [0.15, 0.2) is 0 Å². The first-order valence-electron chi connectivity index (χ1n) is 8.42. The number of esters is 1. The van der Waals surface area contributed by atoms with Gasteiger partial charge < -0.3 is 9.47 Å². The van der Waals surface area contributed by atoms with Crippen molar-refractivity contribution in [3.8, 4) is 10.4 Å². The molecule has 136 valence electrons. The predicted octanol–water partition coefficient (Wildman–Crippen LogP) is 3.27. The van der Waals surface area contributed by atoms with Gasteiger partial charge in [-0.05, 0) is 25.5 Å². The number of fused-ring (bicyclic) bond motifs is 1. The quantitative estimate of drug-likeness (QED) is 0.470. The number of hydrogen-bond donors (Lipinski definition) is 0. The molecule has 6 nitrogen and oxygen atoms in total. The van der Waals surface area contributed by atoms with Gasteiger partial charge in [-0.15, -0.1) is 11.3 Å². The molecule has 1 unspecified atom stereocenters. The van der Waals surface area contributed by atoms with Crippen LogP contribution in [-0.4, -0.2) is 35.3 Å². The zero-order chi connectivity index (χ0) is 18.5. The van der Waals surface area contributed by atoms with Gasteiger partial charge in [-0.3, -0.25) is 9.36 Å². The molecule has 1 aromatic carbocycles. The maximum atomic E-state index is 12.8. The fourth-order valence-electron chi connectivity index (χ4n) is 2.54. The lowest BCUT2D eigenvalue weighted by Gasteiger charge is -2.13. The molecule has 2 heterocycles. The van der Waals surface area contributed by atoms with Crippen LogP contribution in [0.15, 0.2) is 47.5 Å². The fourth-order valence-corrected chi connectivity index (χ4v) is 3.53. The second-order valence-electron chi connectivity index (χ2n) is 5.69. The molecule has 0 radical (unpaired) electrons. The van der Waals surface area contributed by atoms with Gasteiger partial charge in [0.2, 0.25) is 0 Å². The third-order valence-electron chi connectivity index (χ3n) is 3.97. The summed E-state index contributed by atoms with van der Waals surface area (Å²) in [6.07, 6.45) is 1.41. The molecule has 0 fully saturated rings. The highest BCUT2D eigenvalue weighted by atomic mass is 32.1. The van der Waals surface area contributed by atoms with Gasteiger partial charge in [0.1, 0.15) is 17.5 Å². The molecule has 0 amide bonds. The Hall–Kier alpha value is -2.51. The largest absolute Gasteiger partial charge is 0.462 e. The third kappa shape index (κ3) is 3.84. The van der Waals surface area contributed by atoms with Crippen molar-refractivity contribution in [2.45, 2.75) is 19.9 Å². The van der Waals surface area contributed by atoms with Gasteiger partial charge in [0.05, 0.1) is 18.3 Å². The van der Waals surface area contributed by atoms with E-state index >= 15 is 0 Å². The second-order valence-corrected chi connectivity index (χ2v) is 6.72. The topological polar surface area (TPSA) is 70.4 Å². The average molecular weight is 372 g/mol. The molecular weight excluding hydrogens is 352 g/mol. The van der Waals surface area contributed by atoms with Crippen LogP contribution in [0.1, 0.15) is 19.9 Å². The minimum Gasteiger partial charge on any atom is -0.462 e. The van der Waals surface area contributed by atoms with Crippen LogP contribution in [0.3, 0.4) is 0 Å². The van der Waals surface area contributed by atoms with E-state index in [4.69, 9.17) is 9.47 Å². The number of hydrogen-bond acceptors (Lipinski definition) is 6. The summed E-state index contributed by atoms with van der Waals surface area (Å²) >= 11 is 1.46. The van der Waals surface area contributed by atoms with Crippen molar-refractivity contribution in [2.24, 2.45) is 0 Å². The Morgan fingerprint density at radius 1 is 1.27 bits per heavy atom. The number of benzene rings is 1. The molecule has 0 bridgehead atoms.